The maximum atomic E-state index is 13.4. The third kappa shape index (κ3) is 2.14. The molecule has 0 aliphatic heterocycles. The molecule has 0 bridgehead atoms. The van der Waals surface area contributed by atoms with Gasteiger partial charge in [0.1, 0.15) is 22.9 Å². The van der Waals surface area contributed by atoms with Crippen LogP contribution in [0.15, 0.2) is 52.9 Å². The Morgan fingerprint density at radius 3 is 2.40 bits per heavy atom. The van der Waals surface area contributed by atoms with Gasteiger partial charge in [0.15, 0.2) is 5.76 Å². The molecule has 0 aliphatic carbocycles. The van der Waals surface area contributed by atoms with Gasteiger partial charge in [-0.3, -0.25) is 4.79 Å². The highest BCUT2D eigenvalue weighted by Gasteiger charge is 2.16. The smallest absolute Gasteiger partial charge is 0.291 e. The molecule has 0 saturated carbocycles. The Kier molecular flexibility index (Phi) is 2.95. The van der Waals surface area contributed by atoms with E-state index in [2.05, 4.69) is 5.32 Å². The van der Waals surface area contributed by atoms with E-state index in [9.17, 15) is 13.6 Å². The van der Waals surface area contributed by atoms with Gasteiger partial charge in [-0.25, -0.2) is 8.78 Å². The number of benzene rings is 2. The number of rotatable bonds is 2. The van der Waals surface area contributed by atoms with Gasteiger partial charge < -0.3 is 9.73 Å². The molecule has 0 atom stereocenters. The first kappa shape index (κ1) is 12.3. The minimum atomic E-state index is -0.838. The zero-order chi connectivity index (χ0) is 14.1. The van der Waals surface area contributed by atoms with Crippen molar-refractivity contribution >= 4 is 22.6 Å². The first-order valence-electron chi connectivity index (χ1n) is 5.89. The number of carbonyl (C=O) groups excluding carboxylic acids is 1. The van der Waals surface area contributed by atoms with Crippen LogP contribution in [0.5, 0.6) is 0 Å². The fourth-order valence-corrected chi connectivity index (χ4v) is 1.89. The summed E-state index contributed by atoms with van der Waals surface area (Å²) in [5.41, 5.74) is 0.0459. The Bertz CT molecular complexity index is 742. The fraction of sp³-hybridized carbons (Fsp3) is 0. The fourth-order valence-electron chi connectivity index (χ4n) is 1.89. The van der Waals surface area contributed by atoms with Gasteiger partial charge in [0.2, 0.25) is 0 Å². The Hall–Kier alpha value is -2.69. The number of amides is 1. The molecule has 5 heteroatoms. The van der Waals surface area contributed by atoms with Gasteiger partial charge in [-0.1, -0.05) is 24.3 Å². The number of fused-ring (bicyclic) bond motifs is 1. The van der Waals surface area contributed by atoms with Crippen molar-refractivity contribution in [3.05, 3.63) is 65.9 Å². The molecular weight excluding hydrogens is 264 g/mol. The van der Waals surface area contributed by atoms with E-state index in [1.54, 1.807) is 24.3 Å². The summed E-state index contributed by atoms with van der Waals surface area (Å²) in [5, 5.41) is 2.92. The second-order valence-electron chi connectivity index (χ2n) is 4.20. The number of nitrogens with one attached hydrogen (secondary N) is 1. The Balaban J connectivity index is 1.93. The zero-order valence-electron chi connectivity index (χ0n) is 10.2. The average molecular weight is 273 g/mol. The van der Waals surface area contributed by atoms with Gasteiger partial charge in [-0.05, 0) is 24.3 Å². The van der Waals surface area contributed by atoms with E-state index >= 15 is 0 Å². The summed E-state index contributed by atoms with van der Waals surface area (Å²) in [6.07, 6.45) is 0. The van der Waals surface area contributed by atoms with Crippen LogP contribution >= 0.6 is 0 Å². The number of carbonyl (C=O) groups is 1. The molecule has 1 aromatic heterocycles. The van der Waals surface area contributed by atoms with Crippen LogP contribution in [0.4, 0.5) is 14.5 Å². The number of anilines is 1. The molecule has 3 nitrogen and oxygen atoms in total. The summed E-state index contributed by atoms with van der Waals surface area (Å²) in [5.74, 6) is -2.39. The minimum absolute atomic E-state index is 0.00569. The van der Waals surface area contributed by atoms with E-state index in [1.807, 2.05) is 0 Å². The summed E-state index contributed by atoms with van der Waals surface area (Å²) < 4.78 is 32.2. The molecule has 3 rings (SSSR count). The van der Waals surface area contributed by atoms with Gasteiger partial charge in [-0.15, -0.1) is 0 Å². The van der Waals surface area contributed by atoms with Gasteiger partial charge in [-0.2, -0.15) is 0 Å². The van der Waals surface area contributed by atoms with Crippen molar-refractivity contribution in [3.63, 3.8) is 0 Å². The number of halogens is 2. The lowest BCUT2D eigenvalue weighted by Crippen LogP contribution is -2.13. The summed E-state index contributed by atoms with van der Waals surface area (Å²) in [4.78, 5) is 11.9. The van der Waals surface area contributed by atoms with Crippen LogP contribution in [-0.2, 0) is 0 Å². The molecule has 0 saturated heterocycles. The molecule has 1 amide bonds. The van der Waals surface area contributed by atoms with Crippen LogP contribution in [0, 0.1) is 11.6 Å². The zero-order valence-corrected chi connectivity index (χ0v) is 10.2. The monoisotopic (exact) mass is 273 g/mol. The predicted octanol–water partition coefficient (Wildman–Crippen LogP) is 3.96. The molecular formula is C15H9F2NO2. The highest BCUT2D eigenvalue weighted by Crippen LogP contribution is 2.22. The van der Waals surface area contributed by atoms with Crippen molar-refractivity contribution < 1.29 is 18.0 Å². The molecule has 0 radical (unpaired) electrons. The van der Waals surface area contributed by atoms with Crippen LogP contribution in [0.3, 0.4) is 0 Å². The van der Waals surface area contributed by atoms with E-state index in [0.717, 1.165) is 17.5 Å². The SMILES string of the molecule is O=C(Nc1c(F)cccc1F)c1cc2ccccc2o1. The van der Waals surface area contributed by atoms with Crippen molar-refractivity contribution in [2.45, 2.75) is 0 Å². The van der Waals surface area contributed by atoms with Gasteiger partial charge >= 0.3 is 0 Å². The van der Waals surface area contributed by atoms with Crippen LogP contribution in [0.1, 0.15) is 10.6 Å². The quantitative estimate of drug-likeness (QED) is 0.767. The van der Waals surface area contributed by atoms with Gasteiger partial charge in [0, 0.05) is 5.39 Å². The molecule has 3 aromatic rings. The maximum absolute atomic E-state index is 13.4. The Morgan fingerprint density at radius 2 is 1.70 bits per heavy atom. The highest BCUT2D eigenvalue weighted by atomic mass is 19.1. The number of hydrogen-bond donors (Lipinski definition) is 1. The summed E-state index contributed by atoms with van der Waals surface area (Å²) >= 11 is 0. The van der Waals surface area contributed by atoms with Crippen molar-refractivity contribution in [1.82, 2.24) is 0 Å². The molecule has 100 valence electrons. The lowest BCUT2D eigenvalue weighted by Gasteiger charge is -2.05. The summed E-state index contributed by atoms with van der Waals surface area (Å²) in [6.45, 7) is 0. The molecule has 0 fully saturated rings. The topological polar surface area (TPSA) is 42.2 Å². The largest absolute Gasteiger partial charge is 0.451 e. The maximum Gasteiger partial charge on any atom is 0.291 e. The predicted molar refractivity (Wildman–Crippen MR) is 70.5 cm³/mol. The Labute approximate surface area is 112 Å². The third-order valence-electron chi connectivity index (χ3n) is 2.85. The number of furan rings is 1. The molecule has 2 aromatic carbocycles. The number of para-hydroxylation sites is 2. The molecule has 1 N–H and O–H groups in total. The lowest BCUT2D eigenvalue weighted by atomic mass is 10.2. The van der Waals surface area contributed by atoms with Gasteiger partial charge in [0.05, 0.1) is 0 Å². The summed E-state index contributed by atoms with van der Waals surface area (Å²) in [7, 11) is 0. The summed E-state index contributed by atoms with van der Waals surface area (Å²) in [6, 6.07) is 11.9. The minimum Gasteiger partial charge on any atom is -0.451 e. The van der Waals surface area contributed by atoms with Crippen molar-refractivity contribution in [2.24, 2.45) is 0 Å². The van der Waals surface area contributed by atoms with Crippen LogP contribution in [0.25, 0.3) is 11.0 Å². The first-order chi connectivity index (χ1) is 9.65. The van der Waals surface area contributed by atoms with E-state index < -0.39 is 23.2 Å². The van der Waals surface area contributed by atoms with Gasteiger partial charge in [0.25, 0.3) is 5.91 Å². The average Bonchev–Trinajstić information content (AvgIpc) is 2.87. The van der Waals surface area contributed by atoms with Crippen LogP contribution < -0.4 is 5.32 Å². The van der Waals surface area contributed by atoms with E-state index in [0.29, 0.717) is 5.58 Å². The molecule has 1 heterocycles. The normalized spacial score (nSPS) is 10.7. The highest BCUT2D eigenvalue weighted by molar-refractivity contribution is 6.04. The second kappa shape index (κ2) is 4.77. The number of hydrogen-bond acceptors (Lipinski definition) is 2. The molecule has 0 spiro atoms. The van der Waals surface area contributed by atoms with E-state index in [4.69, 9.17) is 4.42 Å². The van der Waals surface area contributed by atoms with Crippen LogP contribution in [0.2, 0.25) is 0 Å². The van der Waals surface area contributed by atoms with E-state index in [1.165, 1.54) is 12.1 Å². The van der Waals surface area contributed by atoms with Crippen LogP contribution in [-0.4, -0.2) is 5.91 Å². The second-order valence-corrected chi connectivity index (χ2v) is 4.20. The van der Waals surface area contributed by atoms with Crippen molar-refractivity contribution in [2.75, 3.05) is 5.32 Å². The molecule has 20 heavy (non-hydrogen) atoms. The standard InChI is InChI=1S/C15H9F2NO2/c16-10-5-3-6-11(17)14(10)18-15(19)13-8-9-4-1-2-7-12(9)20-13/h1-8H,(H,18,19). The third-order valence-corrected chi connectivity index (χ3v) is 2.85. The Morgan fingerprint density at radius 1 is 1.00 bits per heavy atom. The molecule has 0 unspecified atom stereocenters. The van der Waals surface area contributed by atoms with Crippen molar-refractivity contribution in [3.8, 4) is 0 Å². The lowest BCUT2D eigenvalue weighted by molar-refractivity contribution is 0.0997. The van der Waals surface area contributed by atoms with Crippen molar-refractivity contribution in [1.29, 1.82) is 0 Å². The first-order valence-corrected chi connectivity index (χ1v) is 5.89. The van der Waals surface area contributed by atoms with E-state index in [-0.39, 0.29) is 5.76 Å². The molecule has 0 aliphatic rings.